The van der Waals surface area contributed by atoms with Crippen LogP contribution in [0.15, 0.2) is 23.2 Å². The predicted molar refractivity (Wildman–Crippen MR) is 110 cm³/mol. The van der Waals surface area contributed by atoms with Crippen LogP contribution in [0, 0.1) is 32.1 Å². The Hall–Kier alpha value is -2.72. The SMILES string of the molecule is COc1ccc(OC)c([C@H](C)NC(=O)CSc2nc(C)c(C)c(C)c2C#N)c1. The Morgan fingerprint density at radius 1 is 1.25 bits per heavy atom. The van der Waals surface area contributed by atoms with Crippen molar-refractivity contribution in [3.05, 3.63) is 46.1 Å². The van der Waals surface area contributed by atoms with E-state index in [9.17, 15) is 10.1 Å². The van der Waals surface area contributed by atoms with E-state index in [1.165, 1.54) is 11.8 Å². The van der Waals surface area contributed by atoms with E-state index in [0.29, 0.717) is 22.1 Å². The molecular weight excluding hydrogens is 374 g/mol. The summed E-state index contributed by atoms with van der Waals surface area (Å²) in [6.45, 7) is 7.65. The van der Waals surface area contributed by atoms with Crippen molar-refractivity contribution >= 4 is 17.7 Å². The molecule has 1 N–H and O–H groups in total. The number of ether oxygens (including phenoxy) is 2. The Morgan fingerprint density at radius 3 is 2.57 bits per heavy atom. The third-order valence-corrected chi connectivity index (χ3v) is 5.67. The summed E-state index contributed by atoms with van der Waals surface area (Å²) in [6.07, 6.45) is 0. The minimum atomic E-state index is -0.261. The van der Waals surface area contributed by atoms with Crippen molar-refractivity contribution in [2.24, 2.45) is 0 Å². The predicted octanol–water partition coefficient (Wildman–Crippen LogP) is 3.87. The van der Waals surface area contributed by atoms with Gasteiger partial charge >= 0.3 is 0 Å². The first-order valence-electron chi connectivity index (χ1n) is 8.84. The van der Waals surface area contributed by atoms with Crippen LogP contribution in [0.1, 0.15) is 40.9 Å². The number of aryl methyl sites for hydroxylation is 1. The topological polar surface area (TPSA) is 84.2 Å². The molecule has 1 aromatic heterocycles. The van der Waals surface area contributed by atoms with Gasteiger partial charge in [0, 0.05) is 11.3 Å². The van der Waals surface area contributed by atoms with Crippen LogP contribution in [0.5, 0.6) is 11.5 Å². The number of benzene rings is 1. The zero-order valence-electron chi connectivity index (χ0n) is 17.0. The third-order valence-electron chi connectivity index (χ3n) is 4.70. The average Bonchev–Trinajstić information content (AvgIpc) is 2.69. The van der Waals surface area contributed by atoms with Gasteiger partial charge < -0.3 is 14.8 Å². The summed E-state index contributed by atoms with van der Waals surface area (Å²) >= 11 is 1.27. The molecule has 28 heavy (non-hydrogen) atoms. The van der Waals surface area contributed by atoms with Gasteiger partial charge in [-0.2, -0.15) is 5.26 Å². The van der Waals surface area contributed by atoms with Gasteiger partial charge in [-0.1, -0.05) is 11.8 Å². The van der Waals surface area contributed by atoms with Gasteiger partial charge in [-0.25, -0.2) is 4.98 Å². The Labute approximate surface area is 170 Å². The van der Waals surface area contributed by atoms with E-state index in [4.69, 9.17) is 9.47 Å². The summed E-state index contributed by atoms with van der Waals surface area (Å²) < 4.78 is 10.6. The van der Waals surface area contributed by atoms with Crippen LogP contribution in [0.25, 0.3) is 0 Å². The minimum Gasteiger partial charge on any atom is -0.497 e. The number of amides is 1. The van der Waals surface area contributed by atoms with Crippen LogP contribution in [0.2, 0.25) is 0 Å². The lowest BCUT2D eigenvalue weighted by Crippen LogP contribution is -2.28. The largest absolute Gasteiger partial charge is 0.497 e. The molecule has 6 nitrogen and oxygen atoms in total. The summed E-state index contributed by atoms with van der Waals surface area (Å²) in [7, 11) is 3.18. The molecule has 1 heterocycles. The molecule has 0 bridgehead atoms. The lowest BCUT2D eigenvalue weighted by atomic mass is 10.1. The molecule has 0 saturated heterocycles. The molecule has 0 unspecified atom stereocenters. The maximum absolute atomic E-state index is 12.5. The van der Waals surface area contributed by atoms with Gasteiger partial charge in [0.25, 0.3) is 0 Å². The first kappa shape index (κ1) is 21.6. The van der Waals surface area contributed by atoms with E-state index in [-0.39, 0.29) is 17.7 Å². The Kier molecular flexibility index (Phi) is 7.30. The molecule has 0 aliphatic carbocycles. The van der Waals surface area contributed by atoms with Gasteiger partial charge in [0.2, 0.25) is 5.91 Å². The summed E-state index contributed by atoms with van der Waals surface area (Å²) in [5.41, 5.74) is 4.15. The van der Waals surface area contributed by atoms with Gasteiger partial charge in [0.05, 0.1) is 31.6 Å². The van der Waals surface area contributed by atoms with Crippen molar-refractivity contribution in [1.29, 1.82) is 5.26 Å². The molecule has 0 radical (unpaired) electrons. The number of nitrogens with one attached hydrogen (secondary N) is 1. The summed E-state index contributed by atoms with van der Waals surface area (Å²) in [4.78, 5) is 17.0. The molecule has 1 aromatic carbocycles. The van der Waals surface area contributed by atoms with E-state index in [2.05, 4.69) is 16.4 Å². The second-order valence-electron chi connectivity index (χ2n) is 6.42. The van der Waals surface area contributed by atoms with Crippen molar-refractivity contribution in [2.45, 2.75) is 38.8 Å². The van der Waals surface area contributed by atoms with E-state index < -0.39 is 0 Å². The molecule has 2 aromatic rings. The number of nitrogens with zero attached hydrogens (tertiary/aromatic N) is 2. The molecule has 0 aliphatic heterocycles. The molecule has 0 spiro atoms. The van der Waals surface area contributed by atoms with E-state index >= 15 is 0 Å². The van der Waals surface area contributed by atoms with E-state index in [1.807, 2.05) is 45.9 Å². The molecular formula is C21H25N3O3S. The monoisotopic (exact) mass is 399 g/mol. The zero-order chi connectivity index (χ0) is 20.8. The molecule has 7 heteroatoms. The number of hydrogen-bond donors (Lipinski definition) is 1. The highest BCUT2D eigenvalue weighted by Crippen LogP contribution is 2.30. The molecule has 1 atom stereocenters. The fraction of sp³-hybridized carbons (Fsp3) is 0.381. The Morgan fingerprint density at radius 2 is 1.96 bits per heavy atom. The first-order valence-corrected chi connectivity index (χ1v) is 9.82. The lowest BCUT2D eigenvalue weighted by molar-refractivity contribution is -0.119. The van der Waals surface area contributed by atoms with Crippen molar-refractivity contribution in [1.82, 2.24) is 10.3 Å². The number of thioether (sulfide) groups is 1. The molecule has 0 fully saturated rings. The second-order valence-corrected chi connectivity index (χ2v) is 7.39. The van der Waals surface area contributed by atoms with Crippen molar-refractivity contribution in [3.63, 3.8) is 0 Å². The molecule has 1 amide bonds. The van der Waals surface area contributed by atoms with Crippen LogP contribution < -0.4 is 14.8 Å². The molecule has 148 valence electrons. The minimum absolute atomic E-state index is 0.149. The van der Waals surface area contributed by atoms with Crippen molar-refractivity contribution in [3.8, 4) is 17.6 Å². The highest BCUT2D eigenvalue weighted by atomic mass is 32.2. The second kappa shape index (κ2) is 9.47. The maximum atomic E-state index is 12.5. The lowest BCUT2D eigenvalue weighted by Gasteiger charge is -2.18. The van der Waals surface area contributed by atoms with Crippen LogP contribution in [0.4, 0.5) is 0 Å². The Balaban J connectivity index is 2.11. The summed E-state index contributed by atoms with van der Waals surface area (Å²) in [5.74, 6) is 1.39. The zero-order valence-corrected chi connectivity index (χ0v) is 17.9. The van der Waals surface area contributed by atoms with Crippen LogP contribution >= 0.6 is 11.8 Å². The van der Waals surface area contributed by atoms with Crippen LogP contribution in [0.3, 0.4) is 0 Å². The average molecular weight is 400 g/mol. The highest BCUT2D eigenvalue weighted by Gasteiger charge is 2.17. The van der Waals surface area contributed by atoms with Crippen molar-refractivity contribution in [2.75, 3.05) is 20.0 Å². The normalized spacial score (nSPS) is 11.5. The van der Waals surface area contributed by atoms with Crippen molar-refractivity contribution < 1.29 is 14.3 Å². The number of hydrogen-bond acceptors (Lipinski definition) is 6. The first-order chi connectivity index (χ1) is 13.3. The number of rotatable bonds is 7. The Bertz CT molecular complexity index is 922. The summed E-state index contributed by atoms with van der Waals surface area (Å²) in [6, 6.07) is 7.41. The quantitative estimate of drug-likeness (QED) is 0.712. The standard InChI is InChI=1S/C21H25N3O3S/c1-12-13(2)18(10-22)21(24-14(12)3)28-11-20(25)23-15(4)17-9-16(26-5)7-8-19(17)27-6/h7-9,15H,11H2,1-6H3,(H,23,25)/t15-/m0/s1. The fourth-order valence-electron chi connectivity index (χ4n) is 2.82. The van der Waals surface area contributed by atoms with Gasteiger partial charge in [0.1, 0.15) is 22.6 Å². The van der Waals surface area contributed by atoms with E-state index in [0.717, 1.165) is 22.4 Å². The third kappa shape index (κ3) is 4.76. The van der Waals surface area contributed by atoms with Gasteiger partial charge in [-0.05, 0) is 57.0 Å². The molecule has 0 saturated carbocycles. The number of carbonyl (C=O) groups is 1. The number of pyridine rings is 1. The van der Waals surface area contributed by atoms with Crippen LogP contribution in [-0.4, -0.2) is 30.9 Å². The molecule has 2 rings (SSSR count). The number of methoxy groups -OCH3 is 2. The van der Waals surface area contributed by atoms with Crippen LogP contribution in [-0.2, 0) is 4.79 Å². The van der Waals surface area contributed by atoms with Gasteiger partial charge in [0.15, 0.2) is 0 Å². The van der Waals surface area contributed by atoms with Gasteiger partial charge in [-0.15, -0.1) is 0 Å². The maximum Gasteiger partial charge on any atom is 0.230 e. The van der Waals surface area contributed by atoms with Gasteiger partial charge in [-0.3, -0.25) is 4.79 Å². The number of aromatic nitrogens is 1. The highest BCUT2D eigenvalue weighted by molar-refractivity contribution is 8.00. The summed E-state index contributed by atoms with van der Waals surface area (Å²) in [5, 5.41) is 13.0. The number of carbonyl (C=O) groups excluding carboxylic acids is 1. The smallest absolute Gasteiger partial charge is 0.230 e. The fourth-order valence-corrected chi connectivity index (χ4v) is 3.72. The van der Waals surface area contributed by atoms with E-state index in [1.54, 1.807) is 14.2 Å². The number of nitriles is 1. The molecule has 0 aliphatic rings.